The van der Waals surface area contributed by atoms with E-state index in [-0.39, 0.29) is 11.9 Å². The molecule has 0 radical (unpaired) electrons. The number of hydrogen-bond acceptors (Lipinski definition) is 2. The third kappa shape index (κ3) is 4.70. The van der Waals surface area contributed by atoms with Crippen molar-refractivity contribution in [1.29, 1.82) is 0 Å². The van der Waals surface area contributed by atoms with Crippen molar-refractivity contribution in [2.45, 2.75) is 44.2 Å². The Kier molecular flexibility index (Phi) is 5.87. The highest BCUT2D eigenvalue weighted by Crippen LogP contribution is 2.30. The smallest absolute Gasteiger partial charge is 0.220 e. The van der Waals surface area contributed by atoms with Crippen LogP contribution in [0.4, 0.5) is 0 Å². The lowest BCUT2D eigenvalue weighted by Crippen LogP contribution is -2.33. The maximum atomic E-state index is 12.5. The van der Waals surface area contributed by atoms with Gasteiger partial charge in [0.25, 0.3) is 0 Å². The molecule has 3 heteroatoms. The number of hydrogen-bond donors (Lipinski definition) is 1. The van der Waals surface area contributed by atoms with Gasteiger partial charge in [0.1, 0.15) is 0 Å². The zero-order valence-electron chi connectivity index (χ0n) is 15.2. The maximum Gasteiger partial charge on any atom is 0.220 e. The highest BCUT2D eigenvalue weighted by atomic mass is 16.1. The maximum absolute atomic E-state index is 12.5. The summed E-state index contributed by atoms with van der Waals surface area (Å²) in [5.41, 5.74) is 4.00. The molecule has 3 rings (SSSR count). The van der Waals surface area contributed by atoms with Crippen LogP contribution < -0.4 is 5.32 Å². The molecule has 1 amide bonds. The van der Waals surface area contributed by atoms with Crippen LogP contribution >= 0.6 is 0 Å². The highest BCUT2D eigenvalue weighted by Gasteiger charge is 2.23. The van der Waals surface area contributed by atoms with Crippen LogP contribution in [0.2, 0.25) is 0 Å². The molecule has 0 aliphatic heterocycles. The van der Waals surface area contributed by atoms with Crippen LogP contribution in [0.25, 0.3) is 0 Å². The summed E-state index contributed by atoms with van der Waals surface area (Å²) < 4.78 is 0. The molecule has 0 saturated carbocycles. The molecule has 0 heterocycles. The fraction of sp³-hybridized carbons (Fsp3) is 0.409. The van der Waals surface area contributed by atoms with Crippen LogP contribution in [0, 0.1) is 0 Å². The Bertz CT molecular complexity index is 696. The fourth-order valence-corrected chi connectivity index (χ4v) is 3.70. The van der Waals surface area contributed by atoms with E-state index in [1.165, 1.54) is 16.7 Å². The third-order valence-electron chi connectivity index (χ3n) is 5.22. The number of amides is 1. The Balaban J connectivity index is 1.52. The Labute approximate surface area is 151 Å². The number of nitrogens with zero attached hydrogens (tertiary/aromatic N) is 1. The van der Waals surface area contributed by atoms with Gasteiger partial charge in [-0.15, -0.1) is 0 Å². The molecule has 1 aliphatic carbocycles. The van der Waals surface area contributed by atoms with E-state index in [2.05, 4.69) is 72.8 Å². The van der Waals surface area contributed by atoms with E-state index < -0.39 is 0 Å². The number of rotatable bonds is 7. The van der Waals surface area contributed by atoms with Crippen molar-refractivity contribution >= 4 is 5.91 Å². The molecule has 2 aromatic rings. The Morgan fingerprint density at radius 2 is 1.84 bits per heavy atom. The van der Waals surface area contributed by atoms with E-state index in [1.807, 2.05) is 6.07 Å². The zero-order valence-corrected chi connectivity index (χ0v) is 15.2. The summed E-state index contributed by atoms with van der Waals surface area (Å²) >= 11 is 0. The molecule has 0 aromatic heterocycles. The monoisotopic (exact) mass is 336 g/mol. The fourth-order valence-electron chi connectivity index (χ4n) is 3.70. The number of likely N-dealkylation sites (N-methyl/N-ethyl adjacent to an activating group) is 1. The van der Waals surface area contributed by atoms with Gasteiger partial charge in [0.15, 0.2) is 0 Å². The van der Waals surface area contributed by atoms with Gasteiger partial charge in [-0.3, -0.25) is 4.79 Å². The summed E-state index contributed by atoms with van der Waals surface area (Å²) in [6.07, 6.45) is 4.52. The van der Waals surface area contributed by atoms with Crippen molar-refractivity contribution in [2.24, 2.45) is 0 Å². The summed E-state index contributed by atoms with van der Waals surface area (Å²) in [5, 5.41) is 3.24. The quantitative estimate of drug-likeness (QED) is 0.835. The molecule has 25 heavy (non-hydrogen) atoms. The van der Waals surface area contributed by atoms with E-state index in [0.29, 0.717) is 12.5 Å². The molecule has 0 spiro atoms. The summed E-state index contributed by atoms with van der Waals surface area (Å²) in [5.74, 6) is 0.168. The first kappa shape index (κ1) is 17.7. The van der Waals surface area contributed by atoms with E-state index in [0.717, 1.165) is 25.7 Å². The number of carbonyl (C=O) groups excluding carboxylic acids is 1. The molecular formula is C22H28N2O. The third-order valence-corrected chi connectivity index (χ3v) is 5.22. The molecule has 1 aliphatic rings. The van der Waals surface area contributed by atoms with Gasteiger partial charge in [0.05, 0.1) is 6.04 Å². The van der Waals surface area contributed by atoms with Crippen LogP contribution in [0.5, 0.6) is 0 Å². The molecular weight excluding hydrogens is 308 g/mol. The minimum Gasteiger partial charge on any atom is -0.349 e. The highest BCUT2D eigenvalue weighted by molar-refractivity contribution is 5.76. The molecule has 132 valence electrons. The van der Waals surface area contributed by atoms with Crippen molar-refractivity contribution in [3.05, 3.63) is 71.3 Å². The van der Waals surface area contributed by atoms with Crippen molar-refractivity contribution in [3.63, 3.8) is 0 Å². The molecule has 0 fully saturated rings. The first-order valence-electron chi connectivity index (χ1n) is 9.21. The normalized spacial score (nSPS) is 17.3. The van der Waals surface area contributed by atoms with Crippen LogP contribution in [-0.4, -0.2) is 30.9 Å². The molecule has 2 aromatic carbocycles. The second-order valence-electron chi connectivity index (χ2n) is 7.20. The van der Waals surface area contributed by atoms with Crippen LogP contribution in [0.3, 0.4) is 0 Å². The molecule has 3 nitrogen and oxygen atoms in total. The number of nitrogens with one attached hydrogen (secondary N) is 1. The minimum atomic E-state index is 0.168. The van der Waals surface area contributed by atoms with Gasteiger partial charge in [-0.1, -0.05) is 54.6 Å². The minimum absolute atomic E-state index is 0.168. The molecule has 0 saturated heterocycles. The second-order valence-corrected chi connectivity index (χ2v) is 7.20. The second kappa shape index (κ2) is 8.30. The van der Waals surface area contributed by atoms with Gasteiger partial charge in [-0.2, -0.15) is 0 Å². The van der Waals surface area contributed by atoms with E-state index in [4.69, 9.17) is 0 Å². The number of aryl methyl sites for hydroxylation is 1. The predicted octanol–water partition coefficient (Wildman–Crippen LogP) is 3.74. The largest absolute Gasteiger partial charge is 0.349 e. The average molecular weight is 336 g/mol. The molecule has 1 unspecified atom stereocenters. The van der Waals surface area contributed by atoms with E-state index >= 15 is 0 Å². The van der Waals surface area contributed by atoms with Crippen LogP contribution in [-0.2, 0) is 17.6 Å². The average Bonchev–Trinajstić information content (AvgIpc) is 3.02. The van der Waals surface area contributed by atoms with Crippen molar-refractivity contribution in [3.8, 4) is 0 Å². The van der Waals surface area contributed by atoms with Gasteiger partial charge in [0.2, 0.25) is 5.91 Å². The van der Waals surface area contributed by atoms with Crippen molar-refractivity contribution < 1.29 is 4.79 Å². The van der Waals surface area contributed by atoms with E-state index in [1.54, 1.807) is 0 Å². The topological polar surface area (TPSA) is 32.3 Å². The standard InChI is InChI=1S/C22H28N2O/c1-24(2)19(16-17-8-4-3-5-9-17)13-15-22(25)23-21-14-12-18-10-6-7-11-20(18)21/h3-11,19,21H,12-16H2,1-2H3,(H,23,25)/t19-,21?/m1/s1. The molecule has 2 atom stereocenters. The Morgan fingerprint density at radius 3 is 2.60 bits per heavy atom. The predicted molar refractivity (Wildman–Crippen MR) is 103 cm³/mol. The lowest BCUT2D eigenvalue weighted by atomic mass is 10.0. The molecule has 1 N–H and O–H groups in total. The van der Waals surface area contributed by atoms with Gasteiger partial charge in [-0.05, 0) is 56.5 Å². The first-order chi connectivity index (χ1) is 12.1. The lowest BCUT2D eigenvalue weighted by Gasteiger charge is -2.24. The van der Waals surface area contributed by atoms with E-state index in [9.17, 15) is 4.79 Å². The summed E-state index contributed by atoms with van der Waals surface area (Å²) in [6, 6.07) is 19.5. The number of fused-ring (bicyclic) bond motifs is 1. The van der Waals surface area contributed by atoms with Crippen LogP contribution in [0.15, 0.2) is 54.6 Å². The Morgan fingerprint density at radius 1 is 1.12 bits per heavy atom. The summed E-state index contributed by atoms with van der Waals surface area (Å²) in [7, 11) is 4.19. The Hall–Kier alpha value is -2.13. The van der Waals surface area contributed by atoms with Crippen molar-refractivity contribution in [1.82, 2.24) is 10.2 Å². The zero-order chi connectivity index (χ0) is 17.6. The van der Waals surface area contributed by atoms with Gasteiger partial charge >= 0.3 is 0 Å². The van der Waals surface area contributed by atoms with Crippen molar-refractivity contribution in [2.75, 3.05) is 14.1 Å². The van der Waals surface area contributed by atoms with Gasteiger partial charge in [0, 0.05) is 12.5 Å². The lowest BCUT2D eigenvalue weighted by molar-refractivity contribution is -0.122. The summed E-state index contributed by atoms with van der Waals surface area (Å²) in [4.78, 5) is 14.7. The number of benzene rings is 2. The molecule has 0 bridgehead atoms. The number of carbonyl (C=O) groups is 1. The first-order valence-corrected chi connectivity index (χ1v) is 9.21. The van der Waals surface area contributed by atoms with Gasteiger partial charge < -0.3 is 10.2 Å². The SMILES string of the molecule is CN(C)[C@H](CCC(=O)NC1CCc2ccccc21)Cc1ccccc1. The van der Waals surface area contributed by atoms with Crippen LogP contribution in [0.1, 0.15) is 42.0 Å². The van der Waals surface area contributed by atoms with Gasteiger partial charge in [-0.25, -0.2) is 0 Å². The summed E-state index contributed by atoms with van der Waals surface area (Å²) in [6.45, 7) is 0.